The van der Waals surface area contributed by atoms with E-state index in [0.29, 0.717) is 16.7 Å². The zero-order chi connectivity index (χ0) is 17.1. The maximum atomic E-state index is 13.5. The van der Waals surface area contributed by atoms with Crippen LogP contribution in [0.25, 0.3) is 5.69 Å². The topological polar surface area (TPSA) is 52.8 Å². The number of ether oxygens (including phenoxy) is 1. The van der Waals surface area contributed by atoms with E-state index in [0.717, 1.165) is 16.8 Å². The lowest BCUT2D eigenvalue weighted by Crippen LogP contribution is -2.03. The minimum absolute atomic E-state index is 0.291. The third kappa shape index (κ3) is 3.26. The molecule has 0 amide bonds. The van der Waals surface area contributed by atoms with Gasteiger partial charge in [-0.15, -0.1) is 5.10 Å². The van der Waals surface area contributed by atoms with Crippen molar-refractivity contribution >= 4 is 11.8 Å². The minimum Gasteiger partial charge on any atom is -0.496 e. The molecular weight excluding hydrogens is 327 g/mol. The second-order valence-electron chi connectivity index (χ2n) is 5.34. The highest BCUT2D eigenvalue weighted by Crippen LogP contribution is 2.29. The first-order valence-electron chi connectivity index (χ1n) is 7.40. The van der Waals surface area contributed by atoms with Gasteiger partial charge in [-0.05, 0) is 59.7 Å². The normalized spacial score (nSPS) is 10.8. The molecule has 0 atom stereocenters. The highest BCUT2D eigenvalue weighted by Gasteiger charge is 2.13. The van der Waals surface area contributed by atoms with Crippen molar-refractivity contribution in [3.05, 3.63) is 58.9 Å². The van der Waals surface area contributed by atoms with Crippen LogP contribution in [0.2, 0.25) is 0 Å². The number of tetrazole rings is 1. The first-order chi connectivity index (χ1) is 11.6. The standard InChI is InChI=1S/C17H17FN4OS/c1-11-5-4-6-15(12(11)2)22-17(19-20-21-22)24-10-13-9-14(18)7-8-16(13)23-3/h4-9H,10H2,1-3H3. The third-order valence-electron chi connectivity index (χ3n) is 3.84. The summed E-state index contributed by atoms with van der Waals surface area (Å²) in [5.41, 5.74) is 3.99. The summed E-state index contributed by atoms with van der Waals surface area (Å²) < 4.78 is 20.5. The van der Waals surface area contributed by atoms with Crippen molar-refractivity contribution in [2.45, 2.75) is 24.8 Å². The zero-order valence-electron chi connectivity index (χ0n) is 13.7. The Labute approximate surface area is 143 Å². The molecule has 3 rings (SSSR count). The molecule has 1 heterocycles. The maximum Gasteiger partial charge on any atom is 0.214 e. The van der Waals surface area contributed by atoms with Crippen LogP contribution in [0.1, 0.15) is 16.7 Å². The van der Waals surface area contributed by atoms with E-state index in [1.807, 2.05) is 32.0 Å². The number of aromatic nitrogens is 4. The van der Waals surface area contributed by atoms with Crippen LogP contribution in [-0.4, -0.2) is 27.3 Å². The van der Waals surface area contributed by atoms with Gasteiger partial charge in [0.25, 0.3) is 0 Å². The molecule has 0 N–H and O–H groups in total. The molecule has 5 nitrogen and oxygen atoms in total. The summed E-state index contributed by atoms with van der Waals surface area (Å²) in [4.78, 5) is 0. The summed E-state index contributed by atoms with van der Waals surface area (Å²) in [5, 5.41) is 12.6. The van der Waals surface area contributed by atoms with Crippen molar-refractivity contribution in [2.75, 3.05) is 7.11 Å². The molecule has 2 aromatic carbocycles. The SMILES string of the molecule is COc1ccc(F)cc1CSc1nnnn1-c1cccc(C)c1C. The van der Waals surface area contributed by atoms with E-state index in [1.165, 1.54) is 29.5 Å². The minimum atomic E-state index is -0.291. The molecule has 0 saturated carbocycles. The molecule has 24 heavy (non-hydrogen) atoms. The molecule has 0 spiro atoms. The summed E-state index contributed by atoms with van der Waals surface area (Å²) in [6, 6.07) is 10.5. The van der Waals surface area contributed by atoms with Gasteiger partial charge in [0.1, 0.15) is 11.6 Å². The Hall–Kier alpha value is -2.41. The van der Waals surface area contributed by atoms with Gasteiger partial charge in [-0.2, -0.15) is 4.68 Å². The number of benzene rings is 2. The molecule has 124 valence electrons. The molecule has 0 aliphatic rings. The Balaban J connectivity index is 1.87. The quantitative estimate of drug-likeness (QED) is 0.660. The van der Waals surface area contributed by atoms with Crippen molar-refractivity contribution in [1.82, 2.24) is 20.2 Å². The molecule has 3 aromatic rings. The fraction of sp³-hybridized carbons (Fsp3) is 0.235. The number of thioether (sulfide) groups is 1. The van der Waals surface area contributed by atoms with E-state index in [2.05, 4.69) is 15.5 Å². The maximum absolute atomic E-state index is 13.5. The predicted octanol–water partition coefficient (Wildman–Crippen LogP) is 3.72. The molecule has 0 aliphatic carbocycles. The van der Waals surface area contributed by atoms with Crippen LogP contribution < -0.4 is 4.74 Å². The van der Waals surface area contributed by atoms with Crippen LogP contribution in [0.3, 0.4) is 0 Å². The molecule has 0 fully saturated rings. The average Bonchev–Trinajstić information content (AvgIpc) is 3.04. The van der Waals surface area contributed by atoms with Gasteiger partial charge in [-0.25, -0.2) is 4.39 Å². The van der Waals surface area contributed by atoms with E-state index >= 15 is 0 Å². The lowest BCUT2D eigenvalue weighted by atomic mass is 10.1. The van der Waals surface area contributed by atoms with Crippen LogP contribution in [0.5, 0.6) is 5.75 Å². The Kier molecular flexibility index (Phi) is 4.80. The number of hydrogen-bond donors (Lipinski definition) is 0. The van der Waals surface area contributed by atoms with E-state index in [4.69, 9.17) is 4.74 Å². The number of halogens is 1. The van der Waals surface area contributed by atoms with Gasteiger partial charge in [0, 0.05) is 11.3 Å². The number of hydrogen-bond acceptors (Lipinski definition) is 5. The van der Waals surface area contributed by atoms with Gasteiger partial charge >= 0.3 is 0 Å². The largest absolute Gasteiger partial charge is 0.496 e. The van der Waals surface area contributed by atoms with Gasteiger partial charge in [0.2, 0.25) is 5.16 Å². The lowest BCUT2D eigenvalue weighted by molar-refractivity contribution is 0.410. The summed E-state index contributed by atoms with van der Waals surface area (Å²) in [6.45, 7) is 4.09. The van der Waals surface area contributed by atoms with E-state index in [1.54, 1.807) is 17.9 Å². The van der Waals surface area contributed by atoms with Gasteiger partial charge in [0.15, 0.2) is 0 Å². The molecule has 0 aliphatic heterocycles. The fourth-order valence-corrected chi connectivity index (χ4v) is 3.25. The Morgan fingerprint density at radius 3 is 2.83 bits per heavy atom. The number of nitrogens with zero attached hydrogens (tertiary/aromatic N) is 4. The monoisotopic (exact) mass is 344 g/mol. The summed E-state index contributed by atoms with van der Waals surface area (Å²) >= 11 is 1.43. The highest BCUT2D eigenvalue weighted by molar-refractivity contribution is 7.98. The van der Waals surface area contributed by atoms with Crippen molar-refractivity contribution in [1.29, 1.82) is 0 Å². The van der Waals surface area contributed by atoms with Crippen molar-refractivity contribution in [3.8, 4) is 11.4 Å². The van der Waals surface area contributed by atoms with Gasteiger partial charge in [-0.1, -0.05) is 23.9 Å². The van der Waals surface area contributed by atoms with Crippen LogP contribution in [0.15, 0.2) is 41.6 Å². The lowest BCUT2D eigenvalue weighted by Gasteiger charge is -2.10. The molecule has 1 aromatic heterocycles. The summed E-state index contributed by atoms with van der Waals surface area (Å²) in [5.74, 6) is 0.863. The molecule has 0 radical (unpaired) electrons. The number of rotatable bonds is 5. The number of aryl methyl sites for hydroxylation is 1. The van der Waals surface area contributed by atoms with Crippen LogP contribution in [-0.2, 0) is 5.75 Å². The molecule has 0 unspecified atom stereocenters. The van der Waals surface area contributed by atoms with Crippen LogP contribution >= 0.6 is 11.8 Å². The average molecular weight is 344 g/mol. The van der Waals surface area contributed by atoms with E-state index in [-0.39, 0.29) is 5.82 Å². The molecular formula is C17H17FN4OS. The second kappa shape index (κ2) is 7.00. The van der Waals surface area contributed by atoms with Gasteiger partial charge in [-0.3, -0.25) is 0 Å². The smallest absolute Gasteiger partial charge is 0.214 e. The molecule has 7 heteroatoms. The fourth-order valence-electron chi connectivity index (χ4n) is 2.39. The molecule has 0 bridgehead atoms. The van der Waals surface area contributed by atoms with Crippen molar-refractivity contribution in [3.63, 3.8) is 0 Å². The Bertz CT molecular complexity index is 866. The zero-order valence-corrected chi connectivity index (χ0v) is 14.5. The predicted molar refractivity (Wildman–Crippen MR) is 91.1 cm³/mol. The Morgan fingerprint density at radius 1 is 1.21 bits per heavy atom. The van der Waals surface area contributed by atoms with Crippen molar-refractivity contribution in [2.24, 2.45) is 0 Å². The van der Waals surface area contributed by atoms with Crippen molar-refractivity contribution < 1.29 is 9.13 Å². The summed E-state index contributed by atoms with van der Waals surface area (Å²) in [6.07, 6.45) is 0. The van der Waals surface area contributed by atoms with Gasteiger partial charge < -0.3 is 4.74 Å². The van der Waals surface area contributed by atoms with E-state index in [9.17, 15) is 4.39 Å². The van der Waals surface area contributed by atoms with Crippen LogP contribution in [0.4, 0.5) is 4.39 Å². The first kappa shape index (κ1) is 16.4. The molecule has 0 saturated heterocycles. The highest BCUT2D eigenvalue weighted by atomic mass is 32.2. The number of methoxy groups -OCH3 is 1. The first-order valence-corrected chi connectivity index (χ1v) is 8.39. The second-order valence-corrected chi connectivity index (χ2v) is 6.28. The van der Waals surface area contributed by atoms with E-state index < -0.39 is 0 Å². The third-order valence-corrected chi connectivity index (χ3v) is 4.81. The summed E-state index contributed by atoms with van der Waals surface area (Å²) in [7, 11) is 1.57. The van der Waals surface area contributed by atoms with Crippen LogP contribution in [0, 0.1) is 19.7 Å². The van der Waals surface area contributed by atoms with Gasteiger partial charge in [0.05, 0.1) is 12.8 Å². The Morgan fingerprint density at radius 2 is 2.04 bits per heavy atom.